The van der Waals surface area contributed by atoms with Gasteiger partial charge in [0, 0.05) is 13.1 Å². The van der Waals surface area contributed by atoms with Crippen LogP contribution in [0.3, 0.4) is 0 Å². The zero-order chi connectivity index (χ0) is 9.52. The molecule has 4 heteroatoms. The smallest absolute Gasteiger partial charge is 0.125 e. The van der Waals surface area contributed by atoms with Crippen molar-refractivity contribution in [1.82, 2.24) is 15.3 Å². The Morgan fingerprint density at radius 3 is 2.54 bits per heavy atom. The maximum Gasteiger partial charge on any atom is 0.125 e. The lowest BCUT2D eigenvalue weighted by molar-refractivity contribution is 0.738. The molecule has 0 saturated heterocycles. The van der Waals surface area contributed by atoms with Gasteiger partial charge in [-0.25, -0.2) is 9.97 Å². The molecule has 4 nitrogen and oxygen atoms in total. The summed E-state index contributed by atoms with van der Waals surface area (Å²) in [5.74, 6) is 0.803. The lowest BCUT2D eigenvalue weighted by atomic mass is 10.5. The molecular weight excluding hydrogens is 164 g/mol. The summed E-state index contributed by atoms with van der Waals surface area (Å²) in [5.41, 5.74) is 0.975. The highest BCUT2D eigenvalue weighted by atomic mass is 15.0. The predicted molar refractivity (Wildman–Crippen MR) is 53.8 cm³/mol. The van der Waals surface area contributed by atoms with Gasteiger partial charge in [0.2, 0.25) is 0 Å². The first-order valence-corrected chi connectivity index (χ1v) is 4.56. The Kier molecular flexibility index (Phi) is 4.18. The molecule has 1 heterocycles. The first kappa shape index (κ1) is 9.92. The Balaban J connectivity index is 2.25. The highest BCUT2D eigenvalue weighted by Crippen LogP contribution is 2.00. The summed E-state index contributed by atoms with van der Waals surface area (Å²) >= 11 is 0. The van der Waals surface area contributed by atoms with E-state index in [0.717, 1.165) is 31.1 Å². The van der Waals surface area contributed by atoms with Crippen LogP contribution >= 0.6 is 0 Å². The van der Waals surface area contributed by atoms with Crippen molar-refractivity contribution in [3.63, 3.8) is 0 Å². The summed E-state index contributed by atoms with van der Waals surface area (Å²) in [6.07, 6.45) is 3.60. The molecule has 1 aromatic heterocycles. The monoisotopic (exact) mass is 180 g/mol. The lowest BCUT2D eigenvalue weighted by Gasteiger charge is -2.05. The molecule has 0 amide bonds. The second kappa shape index (κ2) is 5.48. The van der Waals surface area contributed by atoms with Gasteiger partial charge < -0.3 is 10.6 Å². The van der Waals surface area contributed by atoms with Crippen LogP contribution in [0.2, 0.25) is 0 Å². The van der Waals surface area contributed by atoms with Crippen molar-refractivity contribution in [1.29, 1.82) is 0 Å². The summed E-state index contributed by atoms with van der Waals surface area (Å²) < 4.78 is 0. The summed E-state index contributed by atoms with van der Waals surface area (Å²) in [4.78, 5) is 8.17. The summed E-state index contributed by atoms with van der Waals surface area (Å²) in [6, 6.07) is 0. The molecule has 2 N–H and O–H groups in total. The topological polar surface area (TPSA) is 49.8 Å². The maximum absolute atomic E-state index is 4.08. The lowest BCUT2D eigenvalue weighted by Crippen LogP contribution is -2.21. The first-order chi connectivity index (χ1) is 6.33. The van der Waals surface area contributed by atoms with Crippen molar-refractivity contribution in [3.05, 3.63) is 18.2 Å². The molecule has 0 aromatic carbocycles. The van der Waals surface area contributed by atoms with Gasteiger partial charge in [0.15, 0.2) is 0 Å². The van der Waals surface area contributed by atoms with E-state index >= 15 is 0 Å². The number of rotatable bonds is 5. The van der Waals surface area contributed by atoms with Crippen LogP contribution in [0.5, 0.6) is 0 Å². The molecule has 0 aliphatic rings. The van der Waals surface area contributed by atoms with Crippen LogP contribution in [0.15, 0.2) is 12.4 Å². The van der Waals surface area contributed by atoms with Crippen LogP contribution in [-0.4, -0.2) is 29.6 Å². The van der Waals surface area contributed by atoms with Crippen LogP contribution in [0.1, 0.15) is 12.7 Å². The molecule has 0 bridgehead atoms. The molecule has 0 saturated carbocycles. The van der Waals surface area contributed by atoms with E-state index in [9.17, 15) is 0 Å². The summed E-state index contributed by atoms with van der Waals surface area (Å²) in [5, 5.41) is 6.45. The zero-order valence-electron chi connectivity index (χ0n) is 8.17. The normalized spacial score (nSPS) is 10.0. The van der Waals surface area contributed by atoms with Gasteiger partial charge in [-0.15, -0.1) is 0 Å². The third-order valence-corrected chi connectivity index (χ3v) is 1.66. The molecule has 0 aliphatic carbocycles. The number of nitrogens with zero attached hydrogens (tertiary/aromatic N) is 2. The highest BCUT2D eigenvalue weighted by Gasteiger charge is 1.91. The van der Waals surface area contributed by atoms with Crippen molar-refractivity contribution in [2.45, 2.75) is 13.8 Å². The van der Waals surface area contributed by atoms with E-state index in [2.05, 4.69) is 27.5 Å². The quantitative estimate of drug-likeness (QED) is 0.658. The van der Waals surface area contributed by atoms with Crippen molar-refractivity contribution >= 4 is 5.69 Å². The van der Waals surface area contributed by atoms with Gasteiger partial charge in [0.25, 0.3) is 0 Å². The van der Waals surface area contributed by atoms with Crippen LogP contribution in [0.4, 0.5) is 5.69 Å². The van der Waals surface area contributed by atoms with Crippen molar-refractivity contribution in [3.8, 4) is 0 Å². The van der Waals surface area contributed by atoms with Gasteiger partial charge in [-0.3, -0.25) is 0 Å². The molecule has 1 aromatic rings. The third kappa shape index (κ3) is 3.85. The van der Waals surface area contributed by atoms with E-state index in [-0.39, 0.29) is 0 Å². The Hall–Kier alpha value is -1.16. The molecule has 0 radical (unpaired) electrons. The SMILES string of the molecule is CCNCCNc1cnc(C)nc1. The fourth-order valence-corrected chi connectivity index (χ4v) is 0.956. The summed E-state index contributed by atoms with van der Waals surface area (Å²) in [6.45, 7) is 6.84. The number of hydrogen-bond acceptors (Lipinski definition) is 4. The number of aromatic nitrogens is 2. The number of aryl methyl sites for hydroxylation is 1. The van der Waals surface area contributed by atoms with Crippen molar-refractivity contribution in [2.75, 3.05) is 25.0 Å². The molecular formula is C9H16N4. The minimum absolute atomic E-state index is 0.803. The maximum atomic E-state index is 4.08. The fourth-order valence-electron chi connectivity index (χ4n) is 0.956. The van der Waals surface area contributed by atoms with Crippen molar-refractivity contribution < 1.29 is 0 Å². The molecule has 1 rings (SSSR count). The minimum Gasteiger partial charge on any atom is -0.381 e. The Bertz CT molecular complexity index is 232. The van der Waals surface area contributed by atoms with Gasteiger partial charge >= 0.3 is 0 Å². The Morgan fingerprint density at radius 2 is 1.92 bits per heavy atom. The minimum atomic E-state index is 0.803. The van der Waals surface area contributed by atoms with E-state index in [0.29, 0.717) is 0 Å². The third-order valence-electron chi connectivity index (χ3n) is 1.66. The molecule has 0 aliphatic heterocycles. The van der Waals surface area contributed by atoms with E-state index in [4.69, 9.17) is 0 Å². The highest BCUT2D eigenvalue weighted by molar-refractivity contribution is 5.37. The fraction of sp³-hybridized carbons (Fsp3) is 0.556. The van der Waals surface area contributed by atoms with Gasteiger partial charge in [-0.1, -0.05) is 6.92 Å². The predicted octanol–water partition coefficient (Wildman–Crippen LogP) is 0.806. The van der Waals surface area contributed by atoms with Crippen LogP contribution in [0, 0.1) is 6.92 Å². The average molecular weight is 180 g/mol. The number of hydrogen-bond donors (Lipinski definition) is 2. The molecule has 13 heavy (non-hydrogen) atoms. The molecule has 0 atom stereocenters. The number of likely N-dealkylation sites (N-methyl/N-ethyl adjacent to an activating group) is 1. The zero-order valence-corrected chi connectivity index (χ0v) is 8.17. The standard InChI is InChI=1S/C9H16N4/c1-3-10-4-5-11-9-6-12-8(2)13-7-9/h6-7,10-11H,3-5H2,1-2H3. The number of nitrogens with one attached hydrogen (secondary N) is 2. The molecule has 0 fully saturated rings. The second-order valence-electron chi connectivity index (χ2n) is 2.80. The van der Waals surface area contributed by atoms with Gasteiger partial charge in [0.1, 0.15) is 5.82 Å². The van der Waals surface area contributed by atoms with Crippen LogP contribution in [0.25, 0.3) is 0 Å². The molecule has 0 spiro atoms. The first-order valence-electron chi connectivity index (χ1n) is 4.56. The van der Waals surface area contributed by atoms with E-state index in [1.807, 2.05) is 6.92 Å². The van der Waals surface area contributed by atoms with E-state index < -0.39 is 0 Å². The largest absolute Gasteiger partial charge is 0.381 e. The summed E-state index contributed by atoms with van der Waals surface area (Å²) in [7, 11) is 0. The van der Waals surface area contributed by atoms with Crippen LogP contribution in [-0.2, 0) is 0 Å². The van der Waals surface area contributed by atoms with Gasteiger partial charge in [-0.2, -0.15) is 0 Å². The Labute approximate surface area is 78.8 Å². The van der Waals surface area contributed by atoms with E-state index in [1.54, 1.807) is 12.4 Å². The average Bonchev–Trinajstić information content (AvgIpc) is 2.15. The van der Waals surface area contributed by atoms with Crippen LogP contribution < -0.4 is 10.6 Å². The second-order valence-corrected chi connectivity index (χ2v) is 2.80. The molecule has 0 unspecified atom stereocenters. The number of anilines is 1. The van der Waals surface area contributed by atoms with Crippen molar-refractivity contribution in [2.24, 2.45) is 0 Å². The van der Waals surface area contributed by atoms with Gasteiger partial charge in [-0.05, 0) is 13.5 Å². The van der Waals surface area contributed by atoms with E-state index in [1.165, 1.54) is 0 Å². The van der Waals surface area contributed by atoms with Gasteiger partial charge in [0.05, 0.1) is 18.1 Å². The molecule has 72 valence electrons. The Morgan fingerprint density at radius 1 is 1.23 bits per heavy atom.